The molecule has 0 atom stereocenters. The van der Waals surface area contributed by atoms with Gasteiger partial charge in [0, 0.05) is 6.07 Å². The van der Waals surface area contributed by atoms with Gasteiger partial charge in [-0.2, -0.15) is 0 Å². The Morgan fingerprint density at radius 1 is 1.40 bits per heavy atom. The molecular formula is C12H7BrClFN2O3. The molecule has 2 aromatic rings. The van der Waals surface area contributed by atoms with Crippen LogP contribution >= 0.6 is 27.5 Å². The number of carbonyl (C=O) groups excluding carboxylic acids is 1. The first-order chi connectivity index (χ1) is 9.51. The summed E-state index contributed by atoms with van der Waals surface area (Å²) in [6.45, 7) is 0. The quantitative estimate of drug-likeness (QED) is 0.617. The number of methoxy groups -OCH3 is 1. The Morgan fingerprint density at radius 3 is 2.85 bits per heavy atom. The highest BCUT2D eigenvalue weighted by Gasteiger charge is 2.12. The number of benzene rings is 1. The molecule has 0 saturated heterocycles. The molecule has 0 aliphatic rings. The molecule has 0 aliphatic carbocycles. The van der Waals surface area contributed by atoms with Gasteiger partial charge in [-0.1, -0.05) is 11.6 Å². The van der Waals surface area contributed by atoms with Crippen LogP contribution in [0.5, 0.6) is 11.6 Å². The van der Waals surface area contributed by atoms with Gasteiger partial charge in [0.15, 0.2) is 5.69 Å². The Bertz CT molecular complexity index is 669. The third kappa shape index (κ3) is 3.23. The number of carbonyl (C=O) groups is 1. The van der Waals surface area contributed by atoms with E-state index in [1.807, 2.05) is 0 Å². The molecule has 0 amide bonds. The van der Waals surface area contributed by atoms with E-state index in [2.05, 4.69) is 30.6 Å². The van der Waals surface area contributed by atoms with Crippen molar-refractivity contribution < 1.29 is 18.7 Å². The summed E-state index contributed by atoms with van der Waals surface area (Å²) in [5.41, 5.74) is -0.0180. The largest absolute Gasteiger partial charge is 0.464 e. The van der Waals surface area contributed by atoms with E-state index < -0.39 is 11.8 Å². The van der Waals surface area contributed by atoms with Gasteiger partial charge in [0.2, 0.25) is 5.88 Å². The molecule has 0 fully saturated rings. The SMILES string of the molecule is COC(=O)c1cncc(Oc2cc(F)c(Cl)cc2Br)n1. The minimum Gasteiger partial charge on any atom is -0.464 e. The minimum absolute atomic E-state index is 0.0180. The molecule has 0 bridgehead atoms. The molecule has 0 saturated carbocycles. The number of aromatic nitrogens is 2. The molecule has 1 aromatic carbocycles. The van der Waals surface area contributed by atoms with Crippen molar-refractivity contribution >= 4 is 33.5 Å². The Morgan fingerprint density at radius 2 is 2.15 bits per heavy atom. The van der Waals surface area contributed by atoms with E-state index >= 15 is 0 Å². The number of hydrogen-bond donors (Lipinski definition) is 0. The highest BCUT2D eigenvalue weighted by molar-refractivity contribution is 9.10. The molecule has 104 valence electrons. The topological polar surface area (TPSA) is 61.3 Å². The molecule has 0 N–H and O–H groups in total. The maximum atomic E-state index is 13.4. The summed E-state index contributed by atoms with van der Waals surface area (Å²) >= 11 is 8.81. The molecule has 0 radical (unpaired) electrons. The van der Waals surface area contributed by atoms with Crippen LogP contribution in [0, 0.1) is 5.82 Å². The van der Waals surface area contributed by atoms with E-state index in [1.165, 1.54) is 25.6 Å². The van der Waals surface area contributed by atoms with Crippen molar-refractivity contribution in [3.8, 4) is 11.6 Å². The molecule has 0 unspecified atom stereocenters. The first kappa shape index (κ1) is 14.7. The van der Waals surface area contributed by atoms with Crippen LogP contribution in [0.4, 0.5) is 4.39 Å². The zero-order valence-corrected chi connectivity index (χ0v) is 12.4. The Kier molecular flexibility index (Phi) is 4.51. The van der Waals surface area contributed by atoms with Crippen molar-refractivity contribution in [3.63, 3.8) is 0 Å². The third-order valence-corrected chi connectivity index (χ3v) is 3.11. The molecule has 2 rings (SSSR count). The third-order valence-electron chi connectivity index (χ3n) is 2.20. The molecule has 5 nitrogen and oxygen atoms in total. The van der Waals surface area contributed by atoms with E-state index in [0.29, 0.717) is 4.47 Å². The number of nitrogens with zero attached hydrogens (tertiary/aromatic N) is 2. The average molecular weight is 362 g/mol. The fraction of sp³-hybridized carbons (Fsp3) is 0.0833. The van der Waals surface area contributed by atoms with Crippen LogP contribution in [-0.2, 0) is 4.74 Å². The standard InChI is InChI=1S/C12H7BrClFN2O3/c1-19-12(18)9-4-16-5-11(17-9)20-10-3-8(15)7(14)2-6(10)13/h2-5H,1H3. The van der Waals surface area contributed by atoms with E-state index in [9.17, 15) is 9.18 Å². The maximum Gasteiger partial charge on any atom is 0.358 e. The van der Waals surface area contributed by atoms with E-state index in [-0.39, 0.29) is 22.3 Å². The Hall–Kier alpha value is -1.73. The predicted molar refractivity (Wildman–Crippen MR) is 72.6 cm³/mol. The summed E-state index contributed by atoms with van der Waals surface area (Å²) in [5, 5.41) is -0.0429. The average Bonchev–Trinajstić information content (AvgIpc) is 2.44. The van der Waals surface area contributed by atoms with Gasteiger partial charge >= 0.3 is 5.97 Å². The fourth-order valence-corrected chi connectivity index (χ4v) is 2.02. The number of esters is 1. The Balaban J connectivity index is 2.31. The van der Waals surface area contributed by atoms with Crippen LogP contribution in [0.3, 0.4) is 0 Å². The summed E-state index contributed by atoms with van der Waals surface area (Å²) < 4.78 is 23.7. The van der Waals surface area contributed by atoms with Crippen molar-refractivity contribution in [2.75, 3.05) is 7.11 Å². The highest BCUT2D eigenvalue weighted by atomic mass is 79.9. The molecule has 1 heterocycles. The number of ether oxygens (including phenoxy) is 2. The normalized spacial score (nSPS) is 10.2. The van der Waals surface area contributed by atoms with Crippen LogP contribution in [-0.4, -0.2) is 23.0 Å². The zero-order chi connectivity index (χ0) is 14.7. The highest BCUT2D eigenvalue weighted by Crippen LogP contribution is 2.33. The lowest BCUT2D eigenvalue weighted by Crippen LogP contribution is -2.05. The first-order valence-electron chi connectivity index (χ1n) is 5.24. The van der Waals surface area contributed by atoms with Crippen molar-refractivity contribution in [2.45, 2.75) is 0 Å². The lowest BCUT2D eigenvalue weighted by Gasteiger charge is -2.08. The van der Waals surface area contributed by atoms with Crippen LogP contribution in [0.1, 0.15) is 10.5 Å². The second-order valence-electron chi connectivity index (χ2n) is 3.53. The van der Waals surface area contributed by atoms with E-state index in [1.54, 1.807) is 0 Å². The lowest BCUT2D eigenvalue weighted by molar-refractivity contribution is 0.0592. The van der Waals surface area contributed by atoms with Crippen LogP contribution in [0.15, 0.2) is 29.0 Å². The van der Waals surface area contributed by atoms with Crippen molar-refractivity contribution in [2.24, 2.45) is 0 Å². The second kappa shape index (κ2) is 6.15. The number of hydrogen-bond acceptors (Lipinski definition) is 5. The zero-order valence-electron chi connectivity index (χ0n) is 10.1. The van der Waals surface area contributed by atoms with Gasteiger partial charge < -0.3 is 9.47 Å². The monoisotopic (exact) mass is 360 g/mol. The summed E-state index contributed by atoms with van der Waals surface area (Å²) in [6, 6.07) is 2.45. The summed E-state index contributed by atoms with van der Waals surface area (Å²) in [7, 11) is 1.22. The molecule has 0 spiro atoms. The van der Waals surface area contributed by atoms with Gasteiger partial charge in [-0.3, -0.25) is 4.98 Å². The first-order valence-corrected chi connectivity index (χ1v) is 6.41. The molecule has 1 aromatic heterocycles. The maximum absolute atomic E-state index is 13.4. The van der Waals surface area contributed by atoms with Gasteiger partial charge in [-0.25, -0.2) is 14.2 Å². The van der Waals surface area contributed by atoms with Crippen molar-refractivity contribution in [1.29, 1.82) is 0 Å². The number of halogens is 3. The molecule has 20 heavy (non-hydrogen) atoms. The molecule has 8 heteroatoms. The second-order valence-corrected chi connectivity index (χ2v) is 4.79. The minimum atomic E-state index is -0.649. The van der Waals surface area contributed by atoms with Gasteiger partial charge in [-0.15, -0.1) is 0 Å². The van der Waals surface area contributed by atoms with Gasteiger partial charge in [0.25, 0.3) is 0 Å². The fourth-order valence-electron chi connectivity index (χ4n) is 1.30. The van der Waals surface area contributed by atoms with Crippen LogP contribution < -0.4 is 4.74 Å². The van der Waals surface area contributed by atoms with Gasteiger partial charge in [0.1, 0.15) is 11.6 Å². The van der Waals surface area contributed by atoms with E-state index in [0.717, 1.165) is 6.07 Å². The Labute approximate surface area is 126 Å². The molecular weight excluding hydrogens is 354 g/mol. The summed E-state index contributed by atoms with van der Waals surface area (Å²) in [5.74, 6) is -1.11. The van der Waals surface area contributed by atoms with Crippen molar-refractivity contribution in [3.05, 3.63) is 45.5 Å². The predicted octanol–water partition coefficient (Wildman–Crippen LogP) is 3.61. The lowest BCUT2D eigenvalue weighted by atomic mass is 10.3. The summed E-state index contributed by atoms with van der Waals surface area (Å²) in [6.07, 6.45) is 2.52. The smallest absolute Gasteiger partial charge is 0.358 e. The van der Waals surface area contributed by atoms with Crippen LogP contribution in [0.2, 0.25) is 5.02 Å². The van der Waals surface area contributed by atoms with Gasteiger partial charge in [0.05, 0.1) is 29.0 Å². The van der Waals surface area contributed by atoms with Crippen LogP contribution in [0.25, 0.3) is 0 Å². The summed E-state index contributed by atoms with van der Waals surface area (Å²) in [4.78, 5) is 19.0. The van der Waals surface area contributed by atoms with Crippen molar-refractivity contribution in [1.82, 2.24) is 9.97 Å². The van der Waals surface area contributed by atoms with Gasteiger partial charge in [-0.05, 0) is 22.0 Å². The molecule has 0 aliphatic heterocycles. The van der Waals surface area contributed by atoms with E-state index in [4.69, 9.17) is 16.3 Å². The number of rotatable bonds is 3.